The lowest BCUT2D eigenvalue weighted by atomic mass is 9.94. The molecule has 7 rings (SSSR count). The fourth-order valence-corrected chi connectivity index (χ4v) is 7.79. The molecular formula is C39H44Cl2FN9O. The number of benzene rings is 3. The predicted molar refractivity (Wildman–Crippen MR) is 206 cm³/mol. The summed E-state index contributed by atoms with van der Waals surface area (Å²) in [5, 5.41) is 21.7. The van der Waals surface area contributed by atoms with E-state index in [-0.39, 0.29) is 10.6 Å². The zero-order valence-electron chi connectivity index (χ0n) is 29.6. The molecule has 0 radical (unpaired) electrons. The maximum Gasteiger partial charge on any atom is 0.141 e. The molecule has 3 aliphatic rings. The molecule has 3 aromatic carbocycles. The van der Waals surface area contributed by atoms with E-state index in [0.29, 0.717) is 50.6 Å². The lowest BCUT2D eigenvalue weighted by molar-refractivity contribution is -0.0670. The first-order chi connectivity index (χ1) is 25.0. The van der Waals surface area contributed by atoms with E-state index < -0.39 is 11.9 Å². The number of anilines is 3. The zero-order chi connectivity index (χ0) is 36.6. The number of rotatable bonds is 10. The van der Waals surface area contributed by atoms with Gasteiger partial charge in [-0.25, -0.2) is 4.39 Å². The maximum absolute atomic E-state index is 14.0. The van der Waals surface area contributed by atoms with Gasteiger partial charge >= 0.3 is 0 Å². The predicted octanol–water partition coefficient (Wildman–Crippen LogP) is 7.32. The summed E-state index contributed by atoms with van der Waals surface area (Å²) in [6.45, 7) is 12.0. The molecule has 1 aromatic heterocycles. The maximum atomic E-state index is 14.0. The Morgan fingerprint density at radius 3 is 2.52 bits per heavy atom. The van der Waals surface area contributed by atoms with Crippen molar-refractivity contribution in [2.75, 3.05) is 36.9 Å². The number of nitrogens with one attached hydrogen (secondary N) is 4. The second-order valence-corrected chi connectivity index (χ2v) is 15.6. The summed E-state index contributed by atoms with van der Waals surface area (Å²) in [4.78, 5) is 9.52. The highest BCUT2D eigenvalue weighted by atomic mass is 35.5. The van der Waals surface area contributed by atoms with Crippen LogP contribution in [0.4, 0.5) is 21.5 Å². The molecule has 0 spiro atoms. The number of nitriles is 1. The Hall–Kier alpha value is -4.15. The van der Waals surface area contributed by atoms with Crippen molar-refractivity contribution in [1.29, 1.82) is 5.26 Å². The molecule has 2 saturated heterocycles. The van der Waals surface area contributed by atoms with Crippen LogP contribution in [0.5, 0.6) is 0 Å². The van der Waals surface area contributed by atoms with Crippen molar-refractivity contribution in [2.45, 2.75) is 70.4 Å². The first-order valence-corrected chi connectivity index (χ1v) is 18.4. The molecule has 6 N–H and O–H groups in total. The Morgan fingerprint density at radius 2 is 1.85 bits per heavy atom. The van der Waals surface area contributed by atoms with Gasteiger partial charge in [0, 0.05) is 66.9 Å². The Kier molecular flexibility index (Phi) is 10.5. The van der Waals surface area contributed by atoms with Crippen LogP contribution in [-0.4, -0.2) is 58.7 Å². The Morgan fingerprint density at radius 1 is 1.08 bits per heavy atom. The standard InChI is InChI=1S/C39H44Cl2FN9O/c1-39(2,3)51-11-9-25(10-12-51)45-18-35(49-44)38(29-6-4-5-23-19-50(20-31(23)29)28-21-52-22-28)48-27-13-30-36(47-26-7-8-34(42)32(40)14-26)24(16-43)17-46-37(30)33(41)15-27/h4-8,13-15,17-18,25,28,38,45,48-49H,9-12,19-22,44H2,1-3H3,(H,46,47)/b35-18-/t38-/m0/s1. The number of hydrogen-bond acceptors (Lipinski definition) is 10. The highest BCUT2D eigenvalue weighted by Gasteiger charge is 2.34. The Balaban J connectivity index is 1.26. The van der Waals surface area contributed by atoms with Gasteiger partial charge in [-0.1, -0.05) is 41.4 Å². The number of likely N-dealkylation sites (tertiary alicyclic amines) is 1. The normalized spacial score (nSPS) is 18.1. The monoisotopic (exact) mass is 743 g/mol. The molecule has 10 nitrogen and oxygen atoms in total. The summed E-state index contributed by atoms with van der Waals surface area (Å²) in [7, 11) is 0. The number of fused-ring (bicyclic) bond motifs is 2. The first-order valence-electron chi connectivity index (χ1n) is 17.6. The second-order valence-electron chi connectivity index (χ2n) is 14.8. The van der Waals surface area contributed by atoms with Gasteiger partial charge in [0.2, 0.25) is 0 Å². The van der Waals surface area contributed by atoms with Crippen molar-refractivity contribution >= 4 is 51.2 Å². The minimum atomic E-state index is -0.536. The molecule has 0 unspecified atom stereocenters. The molecule has 13 heteroatoms. The molecule has 2 fully saturated rings. The van der Waals surface area contributed by atoms with Crippen LogP contribution >= 0.6 is 23.2 Å². The van der Waals surface area contributed by atoms with E-state index in [4.69, 9.17) is 33.8 Å². The van der Waals surface area contributed by atoms with E-state index in [1.54, 1.807) is 6.07 Å². The molecule has 0 bridgehead atoms. The average molecular weight is 745 g/mol. The minimum Gasteiger partial charge on any atom is -0.387 e. The summed E-state index contributed by atoms with van der Waals surface area (Å²) in [6, 6.07) is 17.0. The summed E-state index contributed by atoms with van der Waals surface area (Å²) in [5.74, 6) is 5.81. The van der Waals surface area contributed by atoms with Crippen LogP contribution in [-0.2, 0) is 17.8 Å². The molecule has 0 saturated carbocycles. The van der Waals surface area contributed by atoms with E-state index in [9.17, 15) is 9.65 Å². The second kappa shape index (κ2) is 15.1. The van der Waals surface area contributed by atoms with Crippen molar-refractivity contribution in [2.24, 2.45) is 5.84 Å². The third-order valence-electron chi connectivity index (χ3n) is 10.4. The van der Waals surface area contributed by atoms with Gasteiger partial charge in [0.05, 0.1) is 57.8 Å². The van der Waals surface area contributed by atoms with Crippen LogP contribution in [0.3, 0.4) is 0 Å². The van der Waals surface area contributed by atoms with Crippen molar-refractivity contribution in [1.82, 2.24) is 25.5 Å². The molecule has 4 aromatic rings. The molecule has 4 heterocycles. The van der Waals surface area contributed by atoms with E-state index in [1.165, 1.54) is 29.5 Å². The topological polar surface area (TPSA) is 127 Å². The van der Waals surface area contributed by atoms with E-state index in [0.717, 1.165) is 63.5 Å². The molecule has 272 valence electrons. The van der Waals surface area contributed by atoms with Gasteiger partial charge in [0.25, 0.3) is 0 Å². The van der Waals surface area contributed by atoms with Crippen LogP contribution < -0.4 is 27.2 Å². The minimum absolute atomic E-state index is 0.0362. The van der Waals surface area contributed by atoms with Gasteiger partial charge in [0.1, 0.15) is 11.9 Å². The summed E-state index contributed by atoms with van der Waals surface area (Å²) >= 11 is 13.0. The fraction of sp³-hybridized carbons (Fsp3) is 0.385. The zero-order valence-corrected chi connectivity index (χ0v) is 31.1. The number of nitrogens with two attached hydrogens (primary N) is 1. The van der Waals surface area contributed by atoms with Gasteiger partial charge in [-0.05, 0) is 80.6 Å². The van der Waals surface area contributed by atoms with Crippen LogP contribution in [0.25, 0.3) is 10.9 Å². The number of hydrogen-bond donors (Lipinski definition) is 5. The van der Waals surface area contributed by atoms with Crippen molar-refractivity contribution in [3.8, 4) is 6.07 Å². The number of pyridine rings is 1. The molecular weight excluding hydrogens is 700 g/mol. The third-order valence-corrected chi connectivity index (χ3v) is 11.0. The smallest absolute Gasteiger partial charge is 0.141 e. The number of nitrogens with zero attached hydrogens (tertiary/aromatic N) is 4. The Labute approximate surface area is 314 Å². The van der Waals surface area contributed by atoms with Gasteiger partial charge in [-0.15, -0.1) is 0 Å². The largest absolute Gasteiger partial charge is 0.387 e. The molecule has 52 heavy (non-hydrogen) atoms. The van der Waals surface area contributed by atoms with Crippen LogP contribution in [0, 0.1) is 17.1 Å². The number of hydrazine groups is 1. The van der Waals surface area contributed by atoms with E-state index >= 15 is 0 Å². The van der Waals surface area contributed by atoms with Crippen molar-refractivity contribution < 1.29 is 9.13 Å². The summed E-state index contributed by atoms with van der Waals surface area (Å²) < 4.78 is 19.5. The third kappa shape index (κ3) is 7.51. The highest BCUT2D eigenvalue weighted by Crippen LogP contribution is 2.39. The number of ether oxygens (including phenoxy) is 1. The Bertz CT molecular complexity index is 2030. The lowest BCUT2D eigenvalue weighted by Crippen LogP contribution is -2.49. The quantitative estimate of drug-likeness (QED) is 0.0833. The summed E-state index contributed by atoms with van der Waals surface area (Å²) in [5.41, 5.74) is 10.0. The van der Waals surface area contributed by atoms with Gasteiger partial charge < -0.3 is 26.1 Å². The van der Waals surface area contributed by atoms with Crippen LogP contribution in [0.15, 0.2) is 66.6 Å². The van der Waals surface area contributed by atoms with Crippen LogP contribution in [0.2, 0.25) is 10.0 Å². The number of halogens is 3. The lowest BCUT2D eigenvalue weighted by Gasteiger charge is -2.41. The molecule has 1 atom stereocenters. The first kappa shape index (κ1) is 36.2. The van der Waals surface area contributed by atoms with Crippen molar-refractivity contribution in [3.05, 3.63) is 105 Å². The molecule has 0 amide bonds. The van der Waals surface area contributed by atoms with Gasteiger partial charge in [-0.3, -0.25) is 20.6 Å². The van der Waals surface area contributed by atoms with Gasteiger partial charge in [0.15, 0.2) is 0 Å². The average Bonchev–Trinajstić information content (AvgIpc) is 3.52. The SMILES string of the molecule is CC(C)(C)N1CCC(N/C=C(\NN)[C@@H](Nc2cc(Cl)c3ncc(C#N)c(Nc4ccc(F)c(Cl)c4)c3c2)c2cccc3c2CN(C2COC2)C3)CC1. The molecule has 0 aliphatic carbocycles. The summed E-state index contributed by atoms with van der Waals surface area (Å²) in [6.07, 6.45) is 5.52. The molecule has 3 aliphatic heterocycles. The van der Waals surface area contributed by atoms with Crippen LogP contribution in [0.1, 0.15) is 61.9 Å². The highest BCUT2D eigenvalue weighted by molar-refractivity contribution is 6.36. The number of piperidine rings is 1. The van der Waals surface area contributed by atoms with E-state index in [1.807, 2.05) is 18.3 Å². The van der Waals surface area contributed by atoms with Crippen molar-refractivity contribution in [3.63, 3.8) is 0 Å². The number of aromatic nitrogens is 1. The van der Waals surface area contributed by atoms with E-state index in [2.05, 4.69) is 81.2 Å². The fourth-order valence-electron chi connectivity index (χ4n) is 7.34. The van der Waals surface area contributed by atoms with Gasteiger partial charge in [-0.2, -0.15) is 5.26 Å².